The van der Waals surface area contributed by atoms with Gasteiger partial charge in [-0.2, -0.15) is 0 Å². The summed E-state index contributed by atoms with van der Waals surface area (Å²) in [5, 5.41) is 8.33. The third-order valence-electron chi connectivity index (χ3n) is 3.22. The van der Waals surface area contributed by atoms with E-state index in [1.807, 2.05) is 24.4 Å². The van der Waals surface area contributed by atoms with Gasteiger partial charge in [-0.3, -0.25) is 0 Å². The summed E-state index contributed by atoms with van der Waals surface area (Å²) in [4.78, 5) is 0. The fraction of sp³-hybridized carbons (Fsp3) is 0.429. The quantitative estimate of drug-likeness (QED) is 0.832. The molecule has 2 heterocycles. The van der Waals surface area contributed by atoms with Gasteiger partial charge in [-0.1, -0.05) is 5.21 Å². The standard InChI is InChI=1S/C14H18N4O2/c15-6-2-1-3-11-10-18(17-16-11)12-4-5-13-14(9-12)20-8-7-19-13/h4-5,9-10H,1-3,6-8,15H2. The van der Waals surface area contributed by atoms with Crippen molar-refractivity contribution in [2.45, 2.75) is 19.3 Å². The topological polar surface area (TPSA) is 75.2 Å². The Balaban J connectivity index is 1.75. The highest BCUT2D eigenvalue weighted by Gasteiger charge is 2.13. The van der Waals surface area contributed by atoms with Gasteiger partial charge in [0.15, 0.2) is 11.5 Å². The van der Waals surface area contributed by atoms with Gasteiger partial charge in [-0.05, 0) is 37.9 Å². The Kier molecular flexibility index (Phi) is 3.83. The molecule has 0 atom stereocenters. The normalized spacial score (nSPS) is 13.4. The average Bonchev–Trinajstić information content (AvgIpc) is 2.96. The van der Waals surface area contributed by atoms with Crippen LogP contribution in [0.3, 0.4) is 0 Å². The Bertz CT molecular complexity index is 582. The SMILES string of the molecule is NCCCCc1cn(-c2ccc3c(c2)OCCO3)nn1. The molecule has 1 aliphatic heterocycles. The van der Waals surface area contributed by atoms with Gasteiger partial charge >= 0.3 is 0 Å². The third-order valence-corrected chi connectivity index (χ3v) is 3.22. The van der Waals surface area contributed by atoms with E-state index in [4.69, 9.17) is 15.2 Å². The first-order chi connectivity index (χ1) is 9.86. The van der Waals surface area contributed by atoms with Crippen LogP contribution in [0.2, 0.25) is 0 Å². The molecule has 2 N–H and O–H groups in total. The molecule has 6 heteroatoms. The zero-order valence-electron chi connectivity index (χ0n) is 11.3. The molecule has 2 aromatic rings. The second-order valence-corrected chi connectivity index (χ2v) is 4.73. The van der Waals surface area contributed by atoms with Gasteiger partial charge in [0.05, 0.1) is 17.6 Å². The second kappa shape index (κ2) is 5.92. The molecule has 0 unspecified atom stereocenters. The first-order valence-corrected chi connectivity index (χ1v) is 6.88. The Morgan fingerprint density at radius 3 is 2.85 bits per heavy atom. The van der Waals surface area contributed by atoms with Crippen molar-refractivity contribution in [3.63, 3.8) is 0 Å². The predicted octanol–water partition coefficient (Wildman–Crippen LogP) is 1.32. The maximum Gasteiger partial charge on any atom is 0.163 e. The van der Waals surface area contributed by atoms with Gasteiger partial charge < -0.3 is 15.2 Å². The molecule has 0 saturated heterocycles. The molecule has 6 nitrogen and oxygen atoms in total. The lowest BCUT2D eigenvalue weighted by atomic mass is 10.2. The highest BCUT2D eigenvalue weighted by molar-refractivity contribution is 5.49. The lowest BCUT2D eigenvalue weighted by Gasteiger charge is -2.18. The molecule has 1 aromatic carbocycles. The lowest BCUT2D eigenvalue weighted by Crippen LogP contribution is -2.15. The second-order valence-electron chi connectivity index (χ2n) is 4.73. The van der Waals surface area contributed by atoms with Gasteiger partial charge in [0, 0.05) is 6.07 Å². The Labute approximate surface area is 117 Å². The van der Waals surface area contributed by atoms with Crippen molar-refractivity contribution in [3.8, 4) is 17.2 Å². The van der Waals surface area contributed by atoms with E-state index in [0.717, 1.165) is 48.7 Å². The Morgan fingerprint density at radius 1 is 1.15 bits per heavy atom. The number of ether oxygens (including phenoxy) is 2. The molecule has 1 aromatic heterocycles. The van der Waals surface area contributed by atoms with E-state index in [9.17, 15) is 0 Å². The largest absolute Gasteiger partial charge is 0.486 e. The van der Waals surface area contributed by atoms with Crippen LogP contribution < -0.4 is 15.2 Å². The number of nitrogens with zero attached hydrogens (tertiary/aromatic N) is 3. The summed E-state index contributed by atoms with van der Waals surface area (Å²) >= 11 is 0. The summed E-state index contributed by atoms with van der Waals surface area (Å²) in [6.45, 7) is 1.90. The van der Waals surface area contributed by atoms with Crippen LogP contribution in [0.25, 0.3) is 5.69 Å². The number of aromatic nitrogens is 3. The smallest absolute Gasteiger partial charge is 0.163 e. The fourth-order valence-electron chi connectivity index (χ4n) is 2.16. The van der Waals surface area contributed by atoms with Crippen LogP contribution >= 0.6 is 0 Å². The number of benzene rings is 1. The number of hydrogen-bond donors (Lipinski definition) is 1. The van der Waals surface area contributed by atoms with Crippen LogP contribution in [0.1, 0.15) is 18.5 Å². The van der Waals surface area contributed by atoms with E-state index < -0.39 is 0 Å². The summed E-state index contributed by atoms with van der Waals surface area (Å²) in [5.74, 6) is 1.54. The van der Waals surface area contributed by atoms with E-state index >= 15 is 0 Å². The number of unbranched alkanes of at least 4 members (excludes halogenated alkanes) is 1. The van der Waals surface area contributed by atoms with Crippen LogP contribution in [0, 0.1) is 0 Å². The molecule has 20 heavy (non-hydrogen) atoms. The van der Waals surface area contributed by atoms with E-state index in [1.54, 1.807) is 4.68 Å². The number of fused-ring (bicyclic) bond motifs is 1. The van der Waals surface area contributed by atoms with Crippen LogP contribution in [-0.4, -0.2) is 34.8 Å². The molecular formula is C14H18N4O2. The first-order valence-electron chi connectivity index (χ1n) is 6.88. The molecule has 0 saturated carbocycles. The van der Waals surface area contributed by atoms with Crippen molar-refractivity contribution in [2.75, 3.05) is 19.8 Å². The summed E-state index contributed by atoms with van der Waals surface area (Å²) in [6.07, 6.45) is 4.90. The van der Waals surface area contributed by atoms with Crippen molar-refractivity contribution < 1.29 is 9.47 Å². The number of hydrogen-bond acceptors (Lipinski definition) is 5. The van der Waals surface area contributed by atoms with Gasteiger partial charge in [0.2, 0.25) is 0 Å². The van der Waals surface area contributed by atoms with Gasteiger partial charge in [-0.15, -0.1) is 5.10 Å². The molecule has 0 amide bonds. The zero-order valence-corrected chi connectivity index (χ0v) is 11.3. The third kappa shape index (κ3) is 2.75. The molecule has 0 spiro atoms. The van der Waals surface area contributed by atoms with Gasteiger partial charge in [0.25, 0.3) is 0 Å². The maximum atomic E-state index is 5.57. The maximum absolute atomic E-state index is 5.57. The summed E-state index contributed by atoms with van der Waals surface area (Å²) in [5.41, 5.74) is 7.39. The van der Waals surface area contributed by atoms with Crippen molar-refractivity contribution >= 4 is 0 Å². The Morgan fingerprint density at radius 2 is 2.00 bits per heavy atom. The predicted molar refractivity (Wildman–Crippen MR) is 74.3 cm³/mol. The highest BCUT2D eigenvalue weighted by atomic mass is 16.6. The number of aryl methyl sites for hydroxylation is 1. The molecule has 1 aliphatic rings. The molecule has 0 fully saturated rings. The molecule has 3 rings (SSSR count). The molecular weight excluding hydrogens is 256 g/mol. The minimum Gasteiger partial charge on any atom is -0.486 e. The minimum atomic E-state index is 0.581. The monoisotopic (exact) mass is 274 g/mol. The van der Waals surface area contributed by atoms with E-state index in [1.165, 1.54) is 0 Å². The van der Waals surface area contributed by atoms with E-state index in [-0.39, 0.29) is 0 Å². The molecule has 0 bridgehead atoms. The van der Waals surface area contributed by atoms with Crippen LogP contribution in [-0.2, 0) is 6.42 Å². The first kappa shape index (κ1) is 12.9. The van der Waals surface area contributed by atoms with Gasteiger partial charge in [0.1, 0.15) is 13.2 Å². The van der Waals surface area contributed by atoms with Crippen LogP contribution in [0.15, 0.2) is 24.4 Å². The summed E-state index contributed by atoms with van der Waals surface area (Å²) in [7, 11) is 0. The summed E-state index contributed by atoms with van der Waals surface area (Å²) in [6, 6.07) is 5.78. The number of nitrogens with two attached hydrogens (primary N) is 1. The van der Waals surface area contributed by atoms with Crippen molar-refractivity contribution in [2.24, 2.45) is 5.73 Å². The van der Waals surface area contributed by atoms with Crippen molar-refractivity contribution in [1.82, 2.24) is 15.0 Å². The zero-order chi connectivity index (χ0) is 13.8. The highest BCUT2D eigenvalue weighted by Crippen LogP contribution is 2.31. The lowest BCUT2D eigenvalue weighted by molar-refractivity contribution is 0.171. The van der Waals surface area contributed by atoms with Crippen LogP contribution in [0.5, 0.6) is 11.5 Å². The van der Waals surface area contributed by atoms with Gasteiger partial charge in [-0.25, -0.2) is 4.68 Å². The van der Waals surface area contributed by atoms with Crippen molar-refractivity contribution in [1.29, 1.82) is 0 Å². The van der Waals surface area contributed by atoms with E-state index in [0.29, 0.717) is 13.2 Å². The number of rotatable bonds is 5. The molecule has 0 aliphatic carbocycles. The molecule has 106 valence electrons. The minimum absolute atomic E-state index is 0.581. The fourth-order valence-corrected chi connectivity index (χ4v) is 2.16. The molecule has 0 radical (unpaired) electrons. The summed E-state index contributed by atoms with van der Waals surface area (Å²) < 4.78 is 12.8. The Hall–Kier alpha value is -2.08. The average molecular weight is 274 g/mol. The van der Waals surface area contributed by atoms with E-state index in [2.05, 4.69) is 10.3 Å². The van der Waals surface area contributed by atoms with Crippen molar-refractivity contribution in [3.05, 3.63) is 30.1 Å². The van der Waals surface area contributed by atoms with Crippen LogP contribution in [0.4, 0.5) is 0 Å².